The van der Waals surface area contributed by atoms with E-state index in [1.165, 1.54) is 4.90 Å². The highest BCUT2D eigenvalue weighted by molar-refractivity contribution is 8.26. The minimum atomic E-state index is -0.548. The average Bonchev–Trinajstić information content (AvgIpc) is 3.00. The van der Waals surface area contributed by atoms with Gasteiger partial charge in [0.25, 0.3) is 17.7 Å². The molecule has 30 heavy (non-hydrogen) atoms. The third-order valence-corrected chi connectivity index (χ3v) is 5.46. The summed E-state index contributed by atoms with van der Waals surface area (Å²) in [6.07, 6.45) is 3.71. The highest BCUT2D eigenvalue weighted by Gasteiger charge is 2.33. The minimum absolute atomic E-state index is 0.279. The molecule has 1 saturated heterocycles. The Morgan fingerprint density at radius 1 is 1.03 bits per heavy atom. The smallest absolute Gasteiger partial charge is 0.269 e. The van der Waals surface area contributed by atoms with E-state index in [-0.39, 0.29) is 12.5 Å². The number of amides is 3. The number of thiocarbonyl (C=S) groups is 1. The molecule has 6 nitrogen and oxygen atoms in total. The molecule has 2 aromatic rings. The second kappa shape index (κ2) is 10.00. The molecule has 1 fully saturated rings. The Bertz CT molecular complexity index is 1030. The van der Waals surface area contributed by atoms with Crippen LogP contribution in [-0.4, -0.2) is 33.5 Å². The SMILES string of the molecule is CC(=Cc1ccccc1)C=C1SC(=S)N(CC(=O)NNC(=O)c2ccccc2)C1=O. The topological polar surface area (TPSA) is 78.5 Å². The quantitative estimate of drug-likeness (QED) is 0.426. The molecule has 3 rings (SSSR count). The second-order valence-electron chi connectivity index (χ2n) is 6.44. The summed E-state index contributed by atoms with van der Waals surface area (Å²) in [7, 11) is 0. The van der Waals surface area contributed by atoms with Crippen molar-refractivity contribution in [2.24, 2.45) is 0 Å². The van der Waals surface area contributed by atoms with Gasteiger partial charge in [0.05, 0.1) is 4.91 Å². The molecule has 1 aliphatic rings. The third-order valence-electron chi connectivity index (χ3n) is 4.08. The monoisotopic (exact) mass is 437 g/mol. The zero-order valence-corrected chi connectivity index (χ0v) is 17.8. The number of carbonyl (C=O) groups is 3. The van der Waals surface area contributed by atoms with E-state index in [4.69, 9.17) is 12.2 Å². The van der Waals surface area contributed by atoms with E-state index in [0.717, 1.165) is 22.9 Å². The van der Waals surface area contributed by atoms with Crippen LogP contribution in [0.1, 0.15) is 22.8 Å². The number of nitrogens with zero attached hydrogens (tertiary/aromatic N) is 1. The van der Waals surface area contributed by atoms with Gasteiger partial charge in [0.1, 0.15) is 10.9 Å². The van der Waals surface area contributed by atoms with Crippen LogP contribution in [0.5, 0.6) is 0 Å². The van der Waals surface area contributed by atoms with E-state index in [1.54, 1.807) is 36.4 Å². The fourth-order valence-electron chi connectivity index (χ4n) is 2.67. The highest BCUT2D eigenvalue weighted by Crippen LogP contribution is 2.31. The van der Waals surface area contributed by atoms with Gasteiger partial charge in [-0.1, -0.05) is 78.6 Å². The zero-order valence-electron chi connectivity index (χ0n) is 16.1. The van der Waals surface area contributed by atoms with Crippen LogP contribution in [0.3, 0.4) is 0 Å². The van der Waals surface area contributed by atoms with Crippen molar-refractivity contribution in [3.8, 4) is 0 Å². The van der Waals surface area contributed by atoms with Gasteiger partial charge in [-0.3, -0.25) is 30.1 Å². The lowest BCUT2D eigenvalue weighted by Gasteiger charge is -2.14. The van der Waals surface area contributed by atoms with Gasteiger partial charge in [-0.05, 0) is 36.3 Å². The maximum absolute atomic E-state index is 12.7. The summed E-state index contributed by atoms with van der Waals surface area (Å²) < 4.78 is 0.295. The Balaban J connectivity index is 1.58. The predicted molar refractivity (Wildman–Crippen MR) is 122 cm³/mol. The number of nitrogens with one attached hydrogen (secondary N) is 2. The number of hydrazine groups is 1. The van der Waals surface area contributed by atoms with Gasteiger partial charge < -0.3 is 0 Å². The molecule has 0 saturated carbocycles. The van der Waals surface area contributed by atoms with Crippen molar-refractivity contribution in [3.63, 3.8) is 0 Å². The number of allylic oxidation sites excluding steroid dienone is 2. The van der Waals surface area contributed by atoms with Crippen LogP contribution in [0.15, 0.2) is 77.2 Å². The van der Waals surface area contributed by atoms with E-state index in [0.29, 0.717) is 14.8 Å². The number of hydrogen-bond acceptors (Lipinski definition) is 5. The molecule has 0 atom stereocenters. The van der Waals surface area contributed by atoms with Gasteiger partial charge in [-0.15, -0.1) is 0 Å². The summed E-state index contributed by atoms with van der Waals surface area (Å²) in [5, 5.41) is 0. The van der Waals surface area contributed by atoms with E-state index in [9.17, 15) is 14.4 Å². The van der Waals surface area contributed by atoms with Crippen LogP contribution in [0.2, 0.25) is 0 Å². The van der Waals surface area contributed by atoms with Gasteiger partial charge in [0.15, 0.2) is 0 Å². The highest BCUT2D eigenvalue weighted by atomic mass is 32.2. The van der Waals surface area contributed by atoms with Crippen LogP contribution in [0.25, 0.3) is 6.08 Å². The number of benzene rings is 2. The molecule has 0 aromatic heterocycles. The van der Waals surface area contributed by atoms with Gasteiger partial charge in [0, 0.05) is 5.56 Å². The van der Waals surface area contributed by atoms with Crippen molar-refractivity contribution in [2.45, 2.75) is 6.92 Å². The molecule has 152 valence electrons. The van der Waals surface area contributed by atoms with Crippen molar-refractivity contribution in [3.05, 3.63) is 88.3 Å². The van der Waals surface area contributed by atoms with Crippen molar-refractivity contribution < 1.29 is 14.4 Å². The van der Waals surface area contributed by atoms with Crippen LogP contribution >= 0.6 is 24.0 Å². The van der Waals surface area contributed by atoms with Gasteiger partial charge >= 0.3 is 0 Å². The van der Waals surface area contributed by atoms with Crippen LogP contribution in [0.4, 0.5) is 0 Å². The Hall–Kier alpha value is -3.23. The normalized spacial score (nSPS) is 15.4. The number of rotatable bonds is 5. The lowest BCUT2D eigenvalue weighted by Crippen LogP contribution is -2.47. The summed E-state index contributed by atoms with van der Waals surface area (Å²) in [6.45, 7) is 1.61. The lowest BCUT2D eigenvalue weighted by molar-refractivity contribution is -0.129. The summed E-state index contributed by atoms with van der Waals surface area (Å²) in [5.74, 6) is -1.33. The van der Waals surface area contributed by atoms with Gasteiger partial charge in [-0.2, -0.15) is 0 Å². The Kier molecular flexibility index (Phi) is 7.16. The van der Waals surface area contributed by atoms with E-state index >= 15 is 0 Å². The molecule has 8 heteroatoms. The standard InChI is InChI=1S/C22H19N3O3S2/c1-15(12-16-8-4-2-5-9-16)13-18-21(28)25(22(29)30-18)14-19(26)23-24-20(27)17-10-6-3-7-11-17/h2-13H,14H2,1H3,(H,23,26)(H,24,27). The van der Waals surface area contributed by atoms with Crippen molar-refractivity contribution >= 4 is 52.1 Å². The lowest BCUT2D eigenvalue weighted by atomic mass is 10.1. The molecule has 0 aliphatic carbocycles. The van der Waals surface area contributed by atoms with Gasteiger partial charge in [-0.25, -0.2) is 0 Å². The molecule has 1 heterocycles. The van der Waals surface area contributed by atoms with E-state index < -0.39 is 11.8 Å². The number of thioether (sulfide) groups is 1. The van der Waals surface area contributed by atoms with E-state index in [1.807, 2.05) is 43.3 Å². The Labute approximate surface area is 184 Å². The largest absolute Gasteiger partial charge is 0.283 e. The second-order valence-corrected chi connectivity index (χ2v) is 8.11. The maximum atomic E-state index is 12.7. The third kappa shape index (κ3) is 5.65. The molecule has 2 aromatic carbocycles. The summed E-state index contributed by atoms with van der Waals surface area (Å²) >= 11 is 6.39. The van der Waals surface area contributed by atoms with Crippen LogP contribution < -0.4 is 10.9 Å². The molecule has 0 bridgehead atoms. The molecule has 1 aliphatic heterocycles. The Morgan fingerprint density at radius 3 is 2.33 bits per heavy atom. The number of hydrogen-bond donors (Lipinski definition) is 2. The molecule has 0 radical (unpaired) electrons. The minimum Gasteiger partial charge on any atom is -0.283 e. The Morgan fingerprint density at radius 2 is 1.67 bits per heavy atom. The predicted octanol–water partition coefficient (Wildman–Crippen LogP) is 3.30. The average molecular weight is 438 g/mol. The van der Waals surface area contributed by atoms with Crippen molar-refractivity contribution in [1.29, 1.82) is 0 Å². The van der Waals surface area contributed by atoms with Crippen LogP contribution in [-0.2, 0) is 9.59 Å². The summed E-state index contributed by atoms with van der Waals surface area (Å²) in [5.41, 5.74) is 6.95. The molecule has 2 N–H and O–H groups in total. The summed E-state index contributed by atoms with van der Waals surface area (Å²) in [6, 6.07) is 18.2. The van der Waals surface area contributed by atoms with Crippen molar-refractivity contribution in [1.82, 2.24) is 15.8 Å². The molecule has 0 unspecified atom stereocenters. The van der Waals surface area contributed by atoms with E-state index in [2.05, 4.69) is 10.9 Å². The first-order valence-corrected chi connectivity index (χ1v) is 10.3. The van der Waals surface area contributed by atoms with Crippen LogP contribution in [0, 0.1) is 0 Å². The maximum Gasteiger partial charge on any atom is 0.269 e. The molecular formula is C22H19N3O3S2. The first kappa shape index (κ1) is 21.5. The first-order chi connectivity index (χ1) is 14.4. The van der Waals surface area contributed by atoms with Gasteiger partial charge in [0.2, 0.25) is 0 Å². The summed E-state index contributed by atoms with van der Waals surface area (Å²) in [4.78, 5) is 38.5. The molecular weight excluding hydrogens is 418 g/mol. The first-order valence-electron chi connectivity index (χ1n) is 9.07. The van der Waals surface area contributed by atoms with Crippen molar-refractivity contribution in [2.75, 3.05) is 6.54 Å². The molecule has 0 spiro atoms. The number of carbonyl (C=O) groups excluding carboxylic acids is 3. The zero-order chi connectivity index (χ0) is 21.5. The molecule has 3 amide bonds. The fourth-order valence-corrected chi connectivity index (χ4v) is 3.97. The fraction of sp³-hybridized carbons (Fsp3) is 0.0909.